The van der Waals surface area contributed by atoms with Gasteiger partial charge in [0.25, 0.3) is 0 Å². The molecule has 0 aromatic heterocycles. The van der Waals surface area contributed by atoms with Crippen molar-refractivity contribution >= 4 is 20.0 Å². The van der Waals surface area contributed by atoms with Crippen LogP contribution in [0.15, 0.2) is 0 Å². The Kier molecular flexibility index (Phi) is 4.57. The maximum Gasteiger partial charge on any atom is 0.236 e. The summed E-state index contributed by atoms with van der Waals surface area (Å²) in [5.41, 5.74) is 5.33. The first-order valence-corrected chi connectivity index (χ1v) is 3.19. The fourth-order valence-corrected chi connectivity index (χ4v) is 0.459. The highest BCUT2D eigenvalue weighted by Crippen LogP contribution is 1.81. The maximum absolute atomic E-state index is 10.7. The number of hydrogen-bond acceptors (Lipinski definition) is 3. The molecule has 0 aliphatic rings. The predicted molar refractivity (Wildman–Crippen MR) is 40.4 cm³/mol. The van der Waals surface area contributed by atoms with Gasteiger partial charge >= 0.3 is 0 Å². The molecule has 0 aromatic carbocycles. The number of hydrogen-bond donors (Lipinski definition) is 2. The molecular weight excluding hydrogens is 131 g/mol. The number of amides is 1. The van der Waals surface area contributed by atoms with Crippen LogP contribution in [0.3, 0.4) is 0 Å². The molecule has 4 nitrogen and oxygen atoms in total. The average molecular weight is 142 g/mol. The van der Waals surface area contributed by atoms with Crippen LogP contribution in [0.4, 0.5) is 0 Å². The molecule has 0 heterocycles. The second-order valence-corrected chi connectivity index (χ2v) is 1.93. The van der Waals surface area contributed by atoms with Crippen molar-refractivity contribution < 1.29 is 9.59 Å². The standard InChI is InChI=1S/C5H11BN2O2/c6-3-4(7)5(10)8-1-2-9/h2,4H,1,3,6-7H2,(H,8,10). The maximum atomic E-state index is 10.7. The highest BCUT2D eigenvalue weighted by molar-refractivity contribution is 6.11. The normalized spacial score (nSPS) is 12.1. The molecule has 1 unspecified atom stereocenters. The van der Waals surface area contributed by atoms with Crippen molar-refractivity contribution in [3.05, 3.63) is 0 Å². The predicted octanol–water partition coefficient (Wildman–Crippen LogP) is -2.32. The van der Waals surface area contributed by atoms with E-state index in [-0.39, 0.29) is 12.5 Å². The van der Waals surface area contributed by atoms with Crippen molar-refractivity contribution in [2.75, 3.05) is 6.54 Å². The number of carbonyl (C=O) groups excluding carboxylic acids is 2. The molecule has 0 radical (unpaired) electrons. The number of nitrogens with one attached hydrogen (secondary N) is 1. The minimum atomic E-state index is -0.486. The Hall–Kier alpha value is -0.835. The fourth-order valence-electron chi connectivity index (χ4n) is 0.459. The first-order valence-electron chi connectivity index (χ1n) is 3.19. The highest BCUT2D eigenvalue weighted by atomic mass is 16.2. The lowest BCUT2D eigenvalue weighted by molar-refractivity contribution is -0.123. The minimum Gasteiger partial charge on any atom is -0.348 e. The summed E-state index contributed by atoms with van der Waals surface area (Å²) in [7, 11) is 1.81. The molecule has 0 spiro atoms. The number of nitrogens with two attached hydrogens (primary N) is 1. The van der Waals surface area contributed by atoms with Crippen molar-refractivity contribution in [3.8, 4) is 0 Å². The lowest BCUT2D eigenvalue weighted by Crippen LogP contribution is -2.40. The summed E-state index contributed by atoms with van der Waals surface area (Å²) < 4.78 is 0. The van der Waals surface area contributed by atoms with E-state index >= 15 is 0 Å². The summed E-state index contributed by atoms with van der Waals surface area (Å²) in [4.78, 5) is 20.5. The van der Waals surface area contributed by atoms with E-state index in [1.54, 1.807) is 0 Å². The van der Waals surface area contributed by atoms with Gasteiger partial charge in [-0.15, -0.1) is 0 Å². The van der Waals surface area contributed by atoms with E-state index in [0.717, 1.165) is 0 Å². The minimum absolute atomic E-state index is 0.0481. The average Bonchev–Trinajstić information content (AvgIpc) is 1.98. The Morgan fingerprint density at radius 3 is 2.80 bits per heavy atom. The molecule has 10 heavy (non-hydrogen) atoms. The second-order valence-electron chi connectivity index (χ2n) is 1.93. The Morgan fingerprint density at radius 1 is 1.80 bits per heavy atom. The summed E-state index contributed by atoms with van der Waals surface area (Å²) in [5, 5.41) is 2.35. The van der Waals surface area contributed by atoms with Crippen LogP contribution in [0, 0.1) is 0 Å². The van der Waals surface area contributed by atoms with Gasteiger partial charge in [-0.05, 0) is 0 Å². The van der Waals surface area contributed by atoms with Crippen LogP contribution in [-0.2, 0) is 9.59 Å². The van der Waals surface area contributed by atoms with Gasteiger partial charge in [0.15, 0.2) is 0 Å². The second kappa shape index (κ2) is 4.99. The first kappa shape index (κ1) is 9.16. The summed E-state index contributed by atoms with van der Waals surface area (Å²) in [5.74, 6) is -0.269. The topological polar surface area (TPSA) is 72.2 Å². The van der Waals surface area contributed by atoms with Crippen molar-refractivity contribution in [2.24, 2.45) is 5.73 Å². The van der Waals surface area contributed by atoms with E-state index in [1.807, 2.05) is 7.85 Å². The molecule has 0 aliphatic carbocycles. The highest BCUT2D eigenvalue weighted by Gasteiger charge is 2.08. The largest absolute Gasteiger partial charge is 0.348 e. The van der Waals surface area contributed by atoms with Gasteiger partial charge in [0, 0.05) is 0 Å². The molecule has 1 amide bonds. The van der Waals surface area contributed by atoms with Crippen LogP contribution in [0.25, 0.3) is 0 Å². The lowest BCUT2D eigenvalue weighted by atomic mass is 9.97. The van der Waals surface area contributed by atoms with Crippen LogP contribution in [0.2, 0.25) is 6.32 Å². The summed E-state index contributed by atoms with van der Waals surface area (Å²) in [6.45, 7) is 0.0481. The van der Waals surface area contributed by atoms with Crippen LogP contribution >= 0.6 is 0 Å². The van der Waals surface area contributed by atoms with Crippen LogP contribution < -0.4 is 11.1 Å². The molecule has 0 saturated carbocycles. The molecule has 3 N–H and O–H groups in total. The number of carbonyl (C=O) groups is 2. The van der Waals surface area contributed by atoms with E-state index in [4.69, 9.17) is 5.73 Å². The third kappa shape index (κ3) is 3.24. The van der Waals surface area contributed by atoms with Gasteiger partial charge in [-0.1, -0.05) is 6.32 Å². The summed E-state index contributed by atoms with van der Waals surface area (Å²) in [6, 6.07) is -0.486. The van der Waals surface area contributed by atoms with Crippen LogP contribution in [0.5, 0.6) is 0 Å². The van der Waals surface area contributed by atoms with Crippen molar-refractivity contribution in [1.29, 1.82) is 0 Å². The Morgan fingerprint density at radius 2 is 2.40 bits per heavy atom. The number of aldehydes is 1. The lowest BCUT2D eigenvalue weighted by Gasteiger charge is -2.06. The van der Waals surface area contributed by atoms with E-state index in [2.05, 4.69) is 5.32 Å². The van der Waals surface area contributed by atoms with Crippen LogP contribution in [0.1, 0.15) is 0 Å². The molecule has 0 saturated heterocycles. The van der Waals surface area contributed by atoms with Gasteiger partial charge < -0.3 is 15.8 Å². The molecule has 0 rings (SSSR count). The van der Waals surface area contributed by atoms with Gasteiger partial charge in [-0.25, -0.2) is 0 Å². The smallest absolute Gasteiger partial charge is 0.236 e. The van der Waals surface area contributed by atoms with Crippen LogP contribution in [-0.4, -0.2) is 32.6 Å². The van der Waals surface area contributed by atoms with Crippen molar-refractivity contribution in [1.82, 2.24) is 5.32 Å². The zero-order chi connectivity index (χ0) is 7.98. The van der Waals surface area contributed by atoms with E-state index in [1.165, 1.54) is 0 Å². The monoisotopic (exact) mass is 142 g/mol. The van der Waals surface area contributed by atoms with E-state index < -0.39 is 6.04 Å². The van der Waals surface area contributed by atoms with Gasteiger partial charge in [0.05, 0.1) is 12.6 Å². The molecule has 5 heteroatoms. The molecular formula is C5H11BN2O2. The molecule has 0 bridgehead atoms. The zero-order valence-corrected chi connectivity index (χ0v) is 5.96. The Balaban J connectivity index is 3.51. The van der Waals surface area contributed by atoms with Crippen molar-refractivity contribution in [3.63, 3.8) is 0 Å². The van der Waals surface area contributed by atoms with Gasteiger partial charge in [0.2, 0.25) is 5.91 Å². The quantitative estimate of drug-likeness (QED) is 0.342. The Bertz CT molecular complexity index is 129. The molecule has 1 atom stereocenters. The first-order chi connectivity index (χ1) is 4.72. The summed E-state index contributed by atoms with van der Waals surface area (Å²) in [6.07, 6.45) is 1.21. The summed E-state index contributed by atoms with van der Waals surface area (Å²) >= 11 is 0. The third-order valence-electron chi connectivity index (χ3n) is 1.14. The molecule has 0 aliphatic heterocycles. The Labute approximate surface area is 60.6 Å². The van der Waals surface area contributed by atoms with E-state index in [9.17, 15) is 9.59 Å². The molecule has 0 fully saturated rings. The third-order valence-corrected chi connectivity index (χ3v) is 1.14. The molecule has 0 aromatic rings. The SMILES string of the molecule is BCC(N)C(=O)NCC=O. The van der Waals surface area contributed by atoms with E-state index in [0.29, 0.717) is 12.6 Å². The van der Waals surface area contributed by atoms with Gasteiger partial charge in [-0.3, -0.25) is 4.79 Å². The fraction of sp³-hybridized carbons (Fsp3) is 0.600. The van der Waals surface area contributed by atoms with Gasteiger partial charge in [-0.2, -0.15) is 0 Å². The van der Waals surface area contributed by atoms with Crippen molar-refractivity contribution in [2.45, 2.75) is 12.4 Å². The number of rotatable bonds is 4. The van der Waals surface area contributed by atoms with Gasteiger partial charge in [0.1, 0.15) is 14.1 Å². The zero-order valence-electron chi connectivity index (χ0n) is 5.96. The molecule has 56 valence electrons.